The maximum absolute atomic E-state index is 12.4. The summed E-state index contributed by atoms with van der Waals surface area (Å²) in [6.07, 6.45) is 21.7. The van der Waals surface area contributed by atoms with Crippen LogP contribution in [0.2, 0.25) is 0 Å². The molecule has 2 unspecified atom stereocenters. The summed E-state index contributed by atoms with van der Waals surface area (Å²) >= 11 is 0. The van der Waals surface area contributed by atoms with Crippen LogP contribution in [0.3, 0.4) is 0 Å². The van der Waals surface area contributed by atoms with Gasteiger partial charge < -0.3 is 13.9 Å². The monoisotopic (exact) mass is 418 g/mol. The molecule has 4 nitrogen and oxygen atoms in total. The van der Waals surface area contributed by atoms with Crippen LogP contribution in [0.4, 0.5) is 0 Å². The van der Waals surface area contributed by atoms with Crippen LogP contribution >= 0.6 is 7.60 Å². The first kappa shape index (κ1) is 27.8. The molecule has 0 aliphatic carbocycles. The Hall–Kier alpha value is -0.150. The van der Waals surface area contributed by atoms with E-state index in [1.54, 1.807) is 0 Å². The van der Waals surface area contributed by atoms with Gasteiger partial charge in [0.25, 0.3) is 0 Å². The van der Waals surface area contributed by atoms with Crippen molar-refractivity contribution in [3.8, 4) is 0 Å². The highest BCUT2D eigenvalue weighted by Gasteiger charge is 2.41. The number of nitrogens with zero attached hydrogens (tertiary/aromatic N) is 1. The minimum absolute atomic E-state index is 0.354. The molecule has 0 aliphatic rings. The average molecular weight is 419 g/mol. The molecule has 0 aliphatic heterocycles. The van der Waals surface area contributed by atoms with Crippen molar-refractivity contribution in [3.63, 3.8) is 0 Å². The summed E-state index contributed by atoms with van der Waals surface area (Å²) in [5, 5.41) is 0. The standard InChI is InChI=1S/C23H48NO3P/c1-6-8-9-10-11-12-13-14-15-16-17-18-19-20-21-22-27-28(25,26)23(7-2)24(3,4)5/h18-19,23H,6-17,20-22H2,1-5H3/p+1/b19-18-. The average Bonchev–Trinajstić information content (AvgIpc) is 2.60. The summed E-state index contributed by atoms with van der Waals surface area (Å²) < 4.78 is 18.3. The first-order valence-electron chi connectivity index (χ1n) is 11.7. The molecule has 0 aromatic heterocycles. The lowest BCUT2D eigenvalue weighted by molar-refractivity contribution is -0.883. The van der Waals surface area contributed by atoms with Gasteiger partial charge in [0.05, 0.1) is 27.7 Å². The van der Waals surface area contributed by atoms with Crippen LogP contribution in [0.1, 0.15) is 104 Å². The number of hydrogen-bond acceptors (Lipinski definition) is 2. The van der Waals surface area contributed by atoms with Gasteiger partial charge in [0.15, 0.2) is 5.78 Å². The Morgan fingerprint density at radius 3 is 1.75 bits per heavy atom. The summed E-state index contributed by atoms with van der Waals surface area (Å²) in [4.78, 5) is 10.2. The second-order valence-electron chi connectivity index (χ2n) is 8.99. The molecular weight excluding hydrogens is 369 g/mol. The Kier molecular flexibility index (Phi) is 16.5. The predicted octanol–water partition coefficient (Wildman–Crippen LogP) is 7.28. The van der Waals surface area contributed by atoms with Crippen molar-refractivity contribution in [2.75, 3.05) is 27.7 Å². The molecule has 0 fully saturated rings. The lowest BCUT2D eigenvalue weighted by Gasteiger charge is -2.35. The molecule has 0 aromatic rings. The van der Waals surface area contributed by atoms with Crippen LogP contribution < -0.4 is 0 Å². The summed E-state index contributed by atoms with van der Waals surface area (Å²) in [6, 6.07) is 0. The highest BCUT2D eigenvalue weighted by Crippen LogP contribution is 2.51. The molecule has 2 atom stereocenters. The fourth-order valence-electron chi connectivity index (χ4n) is 3.68. The summed E-state index contributed by atoms with van der Waals surface area (Å²) in [5.74, 6) is -0.362. The molecule has 0 saturated carbocycles. The minimum atomic E-state index is -3.56. The second-order valence-corrected chi connectivity index (χ2v) is 11.0. The van der Waals surface area contributed by atoms with Crippen molar-refractivity contribution < 1.29 is 18.5 Å². The van der Waals surface area contributed by atoms with E-state index in [0.717, 1.165) is 19.3 Å². The molecule has 0 bridgehead atoms. The molecule has 5 heteroatoms. The van der Waals surface area contributed by atoms with Crippen LogP contribution in [0.25, 0.3) is 0 Å². The fraction of sp³-hybridized carbons (Fsp3) is 0.913. The van der Waals surface area contributed by atoms with Gasteiger partial charge in [-0.25, -0.2) is 0 Å². The van der Waals surface area contributed by atoms with E-state index >= 15 is 0 Å². The number of hydrogen-bond donors (Lipinski definition) is 1. The van der Waals surface area contributed by atoms with Crippen LogP contribution in [-0.2, 0) is 9.09 Å². The largest absolute Gasteiger partial charge is 0.385 e. The van der Waals surface area contributed by atoms with Gasteiger partial charge in [0, 0.05) is 6.42 Å². The summed E-state index contributed by atoms with van der Waals surface area (Å²) in [5.41, 5.74) is 0. The van der Waals surface area contributed by atoms with Crippen LogP contribution in [-0.4, -0.2) is 42.9 Å². The fourth-order valence-corrected chi connectivity index (χ4v) is 5.58. The van der Waals surface area contributed by atoms with Crippen molar-refractivity contribution in [1.29, 1.82) is 0 Å². The molecule has 1 N–H and O–H groups in total. The quantitative estimate of drug-likeness (QED) is 0.104. The van der Waals surface area contributed by atoms with Crippen molar-refractivity contribution in [2.24, 2.45) is 0 Å². The molecule has 168 valence electrons. The maximum atomic E-state index is 12.4. The van der Waals surface area contributed by atoms with Gasteiger partial charge in [-0.15, -0.1) is 0 Å². The first-order chi connectivity index (χ1) is 13.3. The molecule has 0 radical (unpaired) electrons. The molecule has 0 saturated heterocycles. The molecule has 0 spiro atoms. The Morgan fingerprint density at radius 1 is 0.821 bits per heavy atom. The maximum Gasteiger partial charge on any atom is 0.385 e. The third kappa shape index (κ3) is 14.8. The summed E-state index contributed by atoms with van der Waals surface area (Å²) in [7, 11) is 2.26. The second kappa shape index (κ2) is 16.6. The zero-order valence-corrected chi connectivity index (χ0v) is 20.4. The number of quaternary nitrogens is 1. The zero-order chi connectivity index (χ0) is 21.3. The highest BCUT2D eigenvalue weighted by atomic mass is 31.2. The normalized spacial score (nSPS) is 15.8. The Labute approximate surface area is 175 Å². The first-order valence-corrected chi connectivity index (χ1v) is 13.3. The number of rotatable bonds is 19. The van der Waals surface area contributed by atoms with Gasteiger partial charge in [-0.1, -0.05) is 83.8 Å². The molecule has 0 heterocycles. The van der Waals surface area contributed by atoms with Gasteiger partial charge >= 0.3 is 7.60 Å². The minimum Gasteiger partial charge on any atom is -0.320 e. The van der Waals surface area contributed by atoms with Gasteiger partial charge in [0.2, 0.25) is 0 Å². The lowest BCUT2D eigenvalue weighted by Crippen LogP contribution is -2.44. The lowest BCUT2D eigenvalue weighted by atomic mass is 10.1. The van der Waals surface area contributed by atoms with Crippen molar-refractivity contribution in [1.82, 2.24) is 0 Å². The predicted molar refractivity (Wildman–Crippen MR) is 123 cm³/mol. The van der Waals surface area contributed by atoms with E-state index in [9.17, 15) is 9.46 Å². The van der Waals surface area contributed by atoms with E-state index < -0.39 is 7.60 Å². The number of unbranched alkanes of at least 4 members (excludes halogenated alkanes) is 11. The van der Waals surface area contributed by atoms with Crippen LogP contribution in [0.15, 0.2) is 12.2 Å². The van der Waals surface area contributed by atoms with E-state index in [1.807, 2.05) is 28.1 Å². The third-order valence-electron chi connectivity index (χ3n) is 5.32. The molecule has 0 rings (SSSR count). The summed E-state index contributed by atoms with van der Waals surface area (Å²) in [6.45, 7) is 4.56. The smallest absolute Gasteiger partial charge is 0.320 e. The van der Waals surface area contributed by atoms with E-state index in [2.05, 4.69) is 19.1 Å². The molecular formula is C23H49NO3P+. The highest BCUT2D eigenvalue weighted by molar-refractivity contribution is 7.53. The van der Waals surface area contributed by atoms with Gasteiger partial charge in [0.1, 0.15) is 0 Å². The van der Waals surface area contributed by atoms with Gasteiger partial charge in [-0.05, 0) is 25.7 Å². The van der Waals surface area contributed by atoms with Gasteiger partial charge in [-0.2, -0.15) is 0 Å². The van der Waals surface area contributed by atoms with Gasteiger partial charge in [-0.3, -0.25) is 4.57 Å². The Balaban J connectivity index is 3.60. The van der Waals surface area contributed by atoms with Crippen molar-refractivity contribution in [2.45, 2.75) is 110 Å². The number of allylic oxidation sites excluding steroid dienone is 2. The zero-order valence-electron chi connectivity index (χ0n) is 19.5. The van der Waals surface area contributed by atoms with E-state index in [-0.39, 0.29) is 5.78 Å². The molecule has 0 amide bonds. The third-order valence-corrected chi connectivity index (χ3v) is 7.68. The molecule has 28 heavy (non-hydrogen) atoms. The van der Waals surface area contributed by atoms with Crippen molar-refractivity contribution in [3.05, 3.63) is 12.2 Å². The van der Waals surface area contributed by atoms with Crippen LogP contribution in [0, 0.1) is 0 Å². The Bertz CT molecular complexity index is 432. The SMILES string of the molecule is CCCCCCCCCCCC/C=C\CCCOP(=O)(O)C(CC)[N+](C)(C)C. The van der Waals surface area contributed by atoms with Crippen molar-refractivity contribution >= 4 is 7.60 Å². The van der Waals surface area contributed by atoms with E-state index in [0.29, 0.717) is 17.5 Å². The van der Waals surface area contributed by atoms with E-state index in [1.165, 1.54) is 64.2 Å². The topological polar surface area (TPSA) is 46.5 Å². The van der Waals surface area contributed by atoms with E-state index in [4.69, 9.17) is 4.52 Å². The Morgan fingerprint density at radius 2 is 1.29 bits per heavy atom. The van der Waals surface area contributed by atoms with Crippen LogP contribution in [0.5, 0.6) is 0 Å². The molecule has 0 aromatic carbocycles.